The van der Waals surface area contributed by atoms with Crippen molar-refractivity contribution in [1.29, 1.82) is 0 Å². The molecule has 2 bridgehead atoms. The Kier molecular flexibility index (Phi) is 3.32. The number of rotatable bonds is 3. The van der Waals surface area contributed by atoms with E-state index >= 15 is 0 Å². The average Bonchev–Trinajstić information content (AvgIpc) is 3.31. The molecule has 1 saturated heterocycles. The maximum atomic E-state index is 12.7. The molecule has 0 radical (unpaired) electrons. The number of imide groups is 1. The number of carbonyl (C=O) groups excluding carboxylic acids is 2. The Bertz CT molecular complexity index is 1100. The van der Waals surface area contributed by atoms with E-state index in [1.807, 2.05) is 12.1 Å². The molecule has 2 atom stereocenters. The lowest BCUT2D eigenvalue weighted by Crippen LogP contribution is -2.43. The first-order valence-electron chi connectivity index (χ1n) is 10.0. The number of benzene rings is 2. The summed E-state index contributed by atoms with van der Waals surface area (Å²) in [6.07, 6.45) is 3.33. The third kappa shape index (κ3) is 2.11. The predicted octanol–water partition coefficient (Wildman–Crippen LogP) is 3.53. The summed E-state index contributed by atoms with van der Waals surface area (Å²) in [7, 11) is 0. The molecule has 3 aliphatic heterocycles. The lowest BCUT2D eigenvalue weighted by Gasteiger charge is -2.35. The van der Waals surface area contributed by atoms with Gasteiger partial charge in [0.05, 0.1) is 11.1 Å². The van der Waals surface area contributed by atoms with Crippen molar-refractivity contribution in [2.24, 2.45) is 0 Å². The van der Waals surface area contributed by atoms with E-state index in [1.54, 1.807) is 12.1 Å². The summed E-state index contributed by atoms with van der Waals surface area (Å²) in [5, 5.41) is 1.31. The van der Waals surface area contributed by atoms with Gasteiger partial charge >= 0.3 is 0 Å². The van der Waals surface area contributed by atoms with Gasteiger partial charge in [-0.15, -0.1) is 0 Å². The van der Waals surface area contributed by atoms with Crippen LogP contribution in [0.15, 0.2) is 48.5 Å². The zero-order valence-electron chi connectivity index (χ0n) is 15.5. The van der Waals surface area contributed by atoms with Crippen molar-refractivity contribution in [2.45, 2.75) is 31.3 Å². The van der Waals surface area contributed by atoms with E-state index in [2.05, 4.69) is 34.1 Å². The lowest BCUT2D eigenvalue weighted by atomic mass is 9.97. The minimum Gasteiger partial charge on any atom is -0.358 e. The van der Waals surface area contributed by atoms with Gasteiger partial charge in [0.25, 0.3) is 11.8 Å². The third-order valence-corrected chi connectivity index (χ3v) is 6.70. The Labute approximate surface area is 162 Å². The van der Waals surface area contributed by atoms with Gasteiger partial charge in [0.1, 0.15) is 0 Å². The van der Waals surface area contributed by atoms with E-state index < -0.39 is 0 Å². The van der Waals surface area contributed by atoms with Gasteiger partial charge < -0.3 is 4.98 Å². The Balaban J connectivity index is 1.27. The number of hydrogen-bond acceptors (Lipinski definition) is 3. The van der Waals surface area contributed by atoms with Crippen molar-refractivity contribution in [1.82, 2.24) is 14.8 Å². The topological polar surface area (TPSA) is 56.4 Å². The van der Waals surface area contributed by atoms with Gasteiger partial charge in [0.15, 0.2) is 0 Å². The number of carbonyl (C=O) groups is 2. The smallest absolute Gasteiger partial charge is 0.261 e. The molecule has 0 unspecified atom stereocenters. The maximum absolute atomic E-state index is 12.7. The summed E-state index contributed by atoms with van der Waals surface area (Å²) < 4.78 is 0. The van der Waals surface area contributed by atoms with Crippen molar-refractivity contribution in [3.8, 4) is 0 Å². The molecule has 0 saturated carbocycles. The number of aromatic amines is 1. The van der Waals surface area contributed by atoms with Gasteiger partial charge in [-0.3, -0.25) is 19.4 Å². The molecule has 5 nitrogen and oxygen atoms in total. The molecule has 28 heavy (non-hydrogen) atoms. The van der Waals surface area contributed by atoms with Crippen LogP contribution in [-0.4, -0.2) is 45.7 Å². The van der Waals surface area contributed by atoms with Crippen molar-refractivity contribution in [3.63, 3.8) is 0 Å². The second kappa shape index (κ2) is 5.79. The summed E-state index contributed by atoms with van der Waals surface area (Å²) >= 11 is 0. The molecule has 2 aromatic carbocycles. The zero-order valence-corrected chi connectivity index (χ0v) is 15.5. The minimum absolute atomic E-state index is 0.155. The van der Waals surface area contributed by atoms with Gasteiger partial charge in [-0.05, 0) is 36.6 Å². The summed E-state index contributed by atoms with van der Waals surface area (Å²) in [5.41, 5.74) is 5.07. The SMILES string of the molecule is O=C1c2ccccc2C(=O)N1CCN1[C@@H]2CC[C@H]1c1c([nH]c3ccccc13)C2. The fraction of sp³-hybridized carbons (Fsp3) is 0.304. The average molecular weight is 371 g/mol. The number of fused-ring (bicyclic) bond motifs is 7. The molecule has 2 amide bonds. The summed E-state index contributed by atoms with van der Waals surface area (Å²) in [5.74, 6) is -0.310. The third-order valence-electron chi connectivity index (χ3n) is 6.70. The van der Waals surface area contributed by atoms with Gasteiger partial charge in [-0.2, -0.15) is 0 Å². The molecule has 1 N–H and O–H groups in total. The van der Waals surface area contributed by atoms with Crippen LogP contribution in [0, 0.1) is 0 Å². The quantitative estimate of drug-likeness (QED) is 0.717. The van der Waals surface area contributed by atoms with Crippen LogP contribution in [0.25, 0.3) is 10.9 Å². The fourth-order valence-corrected chi connectivity index (χ4v) is 5.46. The number of nitrogens with zero attached hydrogens (tertiary/aromatic N) is 2. The number of aromatic nitrogens is 1. The highest BCUT2D eigenvalue weighted by atomic mass is 16.2. The molecule has 140 valence electrons. The van der Waals surface area contributed by atoms with E-state index in [0.29, 0.717) is 29.8 Å². The van der Waals surface area contributed by atoms with E-state index in [-0.39, 0.29) is 11.8 Å². The predicted molar refractivity (Wildman–Crippen MR) is 106 cm³/mol. The van der Waals surface area contributed by atoms with E-state index in [0.717, 1.165) is 19.4 Å². The highest BCUT2D eigenvalue weighted by Gasteiger charge is 2.42. The van der Waals surface area contributed by atoms with Crippen LogP contribution in [0.4, 0.5) is 0 Å². The van der Waals surface area contributed by atoms with Gasteiger partial charge in [0.2, 0.25) is 0 Å². The molecule has 3 aliphatic rings. The number of hydrogen-bond donors (Lipinski definition) is 1. The highest BCUT2D eigenvalue weighted by molar-refractivity contribution is 6.21. The van der Waals surface area contributed by atoms with E-state index in [9.17, 15) is 9.59 Å². The molecular weight excluding hydrogens is 350 g/mol. The standard InChI is InChI=1S/C23H21N3O2/c27-22-15-5-1-2-6-16(15)23(28)26(22)12-11-25-14-9-10-20(25)21-17-7-3-4-8-18(17)24-19(21)13-14/h1-8,14,20,24H,9-13H2/t14-,20+/m1/s1. The maximum Gasteiger partial charge on any atom is 0.261 e. The lowest BCUT2D eigenvalue weighted by molar-refractivity contribution is 0.0616. The number of nitrogens with one attached hydrogen (secondary N) is 1. The monoisotopic (exact) mass is 371 g/mol. The summed E-state index contributed by atoms with van der Waals surface area (Å²) in [4.78, 5) is 32.9. The molecule has 6 rings (SSSR count). The van der Waals surface area contributed by atoms with Crippen LogP contribution in [-0.2, 0) is 6.42 Å². The van der Waals surface area contributed by atoms with Crippen molar-refractivity contribution < 1.29 is 9.59 Å². The molecule has 1 aromatic heterocycles. The van der Waals surface area contributed by atoms with E-state index in [1.165, 1.54) is 33.5 Å². The summed E-state index contributed by atoms with van der Waals surface area (Å²) in [6, 6.07) is 16.5. The van der Waals surface area contributed by atoms with Crippen LogP contribution in [0.3, 0.4) is 0 Å². The van der Waals surface area contributed by atoms with Crippen LogP contribution in [0.5, 0.6) is 0 Å². The number of amides is 2. The Morgan fingerprint density at radius 2 is 1.61 bits per heavy atom. The van der Waals surface area contributed by atoms with Crippen molar-refractivity contribution >= 4 is 22.7 Å². The van der Waals surface area contributed by atoms with Crippen LogP contribution >= 0.6 is 0 Å². The molecule has 0 aliphatic carbocycles. The number of H-pyrrole nitrogens is 1. The Hall–Kier alpha value is -2.92. The van der Waals surface area contributed by atoms with Crippen molar-refractivity contribution in [3.05, 3.63) is 70.9 Å². The Morgan fingerprint density at radius 1 is 0.893 bits per heavy atom. The van der Waals surface area contributed by atoms with Gasteiger partial charge in [-0.25, -0.2) is 0 Å². The molecule has 1 fully saturated rings. The van der Waals surface area contributed by atoms with Crippen LogP contribution < -0.4 is 0 Å². The second-order valence-electron chi connectivity index (χ2n) is 8.06. The fourth-order valence-electron chi connectivity index (χ4n) is 5.46. The minimum atomic E-state index is -0.155. The van der Waals surface area contributed by atoms with Crippen LogP contribution in [0.2, 0.25) is 0 Å². The second-order valence-corrected chi connectivity index (χ2v) is 8.06. The first-order valence-corrected chi connectivity index (χ1v) is 10.0. The van der Waals surface area contributed by atoms with Gasteiger partial charge in [0, 0.05) is 48.2 Å². The molecule has 5 heteroatoms. The van der Waals surface area contributed by atoms with E-state index in [4.69, 9.17) is 0 Å². The zero-order chi connectivity index (χ0) is 18.8. The first-order chi connectivity index (χ1) is 13.7. The van der Waals surface area contributed by atoms with Crippen LogP contribution in [0.1, 0.15) is 50.9 Å². The van der Waals surface area contributed by atoms with Gasteiger partial charge in [-0.1, -0.05) is 30.3 Å². The Morgan fingerprint density at radius 3 is 2.39 bits per heavy atom. The molecule has 4 heterocycles. The first kappa shape index (κ1) is 16.1. The molecule has 0 spiro atoms. The summed E-state index contributed by atoms with van der Waals surface area (Å²) in [6.45, 7) is 1.19. The molecular formula is C23H21N3O2. The highest BCUT2D eigenvalue weighted by Crippen LogP contribution is 2.46. The molecule has 3 aromatic rings. The largest absolute Gasteiger partial charge is 0.358 e. The number of para-hydroxylation sites is 1. The van der Waals surface area contributed by atoms with Crippen molar-refractivity contribution in [2.75, 3.05) is 13.1 Å². The normalized spacial score (nSPS) is 23.5.